The highest BCUT2D eigenvalue weighted by Gasteiger charge is 2.13. The van der Waals surface area contributed by atoms with Gasteiger partial charge in [-0.1, -0.05) is 18.2 Å². The van der Waals surface area contributed by atoms with Gasteiger partial charge in [0, 0.05) is 25.7 Å². The summed E-state index contributed by atoms with van der Waals surface area (Å²) in [5, 5.41) is 2.66. The smallest absolute Gasteiger partial charge is 0.251 e. The molecule has 132 valence electrons. The number of rotatable bonds is 3. The summed E-state index contributed by atoms with van der Waals surface area (Å²) in [6.45, 7) is 3.08. The molecule has 1 fully saturated rings. The van der Waals surface area contributed by atoms with Crippen molar-refractivity contribution in [2.45, 2.75) is 0 Å². The van der Waals surface area contributed by atoms with Gasteiger partial charge in [0.25, 0.3) is 5.91 Å². The van der Waals surface area contributed by atoms with Crippen LogP contribution in [0.5, 0.6) is 0 Å². The fourth-order valence-corrected chi connectivity index (χ4v) is 3.11. The third-order valence-electron chi connectivity index (χ3n) is 4.55. The average Bonchev–Trinajstić information content (AvgIpc) is 2.73. The van der Waals surface area contributed by atoms with Gasteiger partial charge >= 0.3 is 0 Å². The second-order valence-corrected chi connectivity index (χ2v) is 6.19. The number of amides is 1. The molecule has 2 heterocycles. The van der Waals surface area contributed by atoms with Crippen molar-refractivity contribution in [2.75, 3.05) is 38.3 Å². The molecule has 0 bridgehead atoms. The highest BCUT2D eigenvalue weighted by molar-refractivity contribution is 5.95. The SMILES string of the molecule is CNC(=O)c1cccc(-c2ccc3ncc(N4CCOCC4)nc3c2)c1. The summed E-state index contributed by atoms with van der Waals surface area (Å²) in [4.78, 5) is 23.4. The molecule has 1 N–H and O–H groups in total. The van der Waals surface area contributed by atoms with Gasteiger partial charge in [-0.05, 0) is 35.4 Å². The van der Waals surface area contributed by atoms with Gasteiger partial charge in [-0.15, -0.1) is 0 Å². The molecule has 1 saturated heterocycles. The molecule has 3 aromatic rings. The van der Waals surface area contributed by atoms with E-state index in [1.54, 1.807) is 13.1 Å². The lowest BCUT2D eigenvalue weighted by Crippen LogP contribution is -2.36. The van der Waals surface area contributed by atoms with Gasteiger partial charge < -0.3 is 15.0 Å². The van der Waals surface area contributed by atoms with Crippen LogP contribution in [0.15, 0.2) is 48.7 Å². The molecule has 1 aromatic heterocycles. The minimum Gasteiger partial charge on any atom is -0.378 e. The molecular formula is C20H20N4O2. The Morgan fingerprint density at radius 1 is 1.08 bits per heavy atom. The Bertz CT molecular complexity index is 951. The van der Waals surface area contributed by atoms with Crippen molar-refractivity contribution in [1.29, 1.82) is 0 Å². The molecule has 6 nitrogen and oxygen atoms in total. The topological polar surface area (TPSA) is 67.4 Å². The minimum atomic E-state index is -0.0953. The van der Waals surface area contributed by atoms with E-state index in [0.29, 0.717) is 18.8 Å². The number of carbonyl (C=O) groups is 1. The maximum atomic E-state index is 11.9. The first-order valence-corrected chi connectivity index (χ1v) is 8.66. The molecule has 1 aliphatic rings. The van der Waals surface area contributed by atoms with E-state index in [0.717, 1.165) is 41.1 Å². The van der Waals surface area contributed by atoms with Crippen LogP contribution in [0.25, 0.3) is 22.2 Å². The zero-order valence-corrected chi connectivity index (χ0v) is 14.6. The van der Waals surface area contributed by atoms with Crippen molar-refractivity contribution in [1.82, 2.24) is 15.3 Å². The van der Waals surface area contributed by atoms with Crippen molar-refractivity contribution < 1.29 is 9.53 Å². The van der Waals surface area contributed by atoms with Crippen LogP contribution >= 0.6 is 0 Å². The van der Waals surface area contributed by atoms with Crippen LogP contribution in [-0.4, -0.2) is 49.2 Å². The molecule has 0 radical (unpaired) electrons. The standard InChI is InChI=1S/C20H20N4O2/c1-21-20(25)16-4-2-3-14(11-16)15-5-6-17-18(12-15)23-19(13-22-17)24-7-9-26-10-8-24/h2-6,11-13H,7-10H2,1H3,(H,21,25). The van der Waals surface area contributed by atoms with Gasteiger partial charge in [0.2, 0.25) is 0 Å². The fourth-order valence-electron chi connectivity index (χ4n) is 3.11. The van der Waals surface area contributed by atoms with Crippen molar-refractivity contribution in [2.24, 2.45) is 0 Å². The zero-order chi connectivity index (χ0) is 17.9. The number of nitrogens with zero attached hydrogens (tertiary/aromatic N) is 3. The number of ether oxygens (including phenoxy) is 1. The van der Waals surface area contributed by atoms with E-state index in [1.807, 2.05) is 42.6 Å². The molecule has 0 unspecified atom stereocenters. The number of benzene rings is 2. The Balaban J connectivity index is 1.71. The van der Waals surface area contributed by atoms with E-state index in [2.05, 4.69) is 15.2 Å². The third kappa shape index (κ3) is 3.23. The lowest BCUT2D eigenvalue weighted by Gasteiger charge is -2.27. The first-order chi connectivity index (χ1) is 12.7. The first kappa shape index (κ1) is 16.5. The van der Waals surface area contributed by atoms with Crippen molar-refractivity contribution in [3.63, 3.8) is 0 Å². The number of fused-ring (bicyclic) bond motifs is 1. The fraction of sp³-hybridized carbons (Fsp3) is 0.250. The highest BCUT2D eigenvalue weighted by Crippen LogP contribution is 2.25. The van der Waals surface area contributed by atoms with Gasteiger partial charge in [-0.25, -0.2) is 4.98 Å². The lowest BCUT2D eigenvalue weighted by atomic mass is 10.0. The Morgan fingerprint density at radius 2 is 1.88 bits per heavy atom. The first-order valence-electron chi connectivity index (χ1n) is 8.66. The monoisotopic (exact) mass is 348 g/mol. The van der Waals surface area contributed by atoms with E-state index in [-0.39, 0.29) is 5.91 Å². The Kier molecular flexibility index (Phi) is 4.50. The molecule has 6 heteroatoms. The molecule has 0 atom stereocenters. The normalized spacial score (nSPS) is 14.4. The predicted octanol–water partition coefficient (Wildman–Crippen LogP) is 2.49. The molecular weight excluding hydrogens is 328 g/mol. The third-order valence-corrected chi connectivity index (χ3v) is 4.55. The van der Waals surface area contributed by atoms with Gasteiger partial charge in [-0.2, -0.15) is 0 Å². The van der Waals surface area contributed by atoms with Gasteiger partial charge in [0.15, 0.2) is 0 Å². The van der Waals surface area contributed by atoms with Crippen LogP contribution in [0, 0.1) is 0 Å². The van der Waals surface area contributed by atoms with E-state index >= 15 is 0 Å². The number of anilines is 1. The number of aromatic nitrogens is 2. The minimum absolute atomic E-state index is 0.0953. The van der Waals surface area contributed by atoms with Gasteiger partial charge in [-0.3, -0.25) is 9.78 Å². The van der Waals surface area contributed by atoms with Gasteiger partial charge in [0.05, 0.1) is 30.4 Å². The van der Waals surface area contributed by atoms with Crippen LogP contribution in [-0.2, 0) is 4.74 Å². The second kappa shape index (κ2) is 7.09. The molecule has 0 saturated carbocycles. The summed E-state index contributed by atoms with van der Waals surface area (Å²) in [6, 6.07) is 13.6. The summed E-state index contributed by atoms with van der Waals surface area (Å²) in [6.07, 6.45) is 1.82. The van der Waals surface area contributed by atoms with Crippen LogP contribution in [0.1, 0.15) is 10.4 Å². The van der Waals surface area contributed by atoms with Crippen LogP contribution < -0.4 is 10.2 Å². The number of hydrogen-bond acceptors (Lipinski definition) is 5. The largest absolute Gasteiger partial charge is 0.378 e. The zero-order valence-electron chi connectivity index (χ0n) is 14.6. The molecule has 0 aliphatic carbocycles. The summed E-state index contributed by atoms with van der Waals surface area (Å²) in [5.41, 5.74) is 4.33. The Hall–Kier alpha value is -2.99. The van der Waals surface area contributed by atoms with E-state index in [1.165, 1.54) is 0 Å². The second-order valence-electron chi connectivity index (χ2n) is 6.19. The molecule has 0 spiro atoms. The molecule has 4 rings (SSSR count). The maximum absolute atomic E-state index is 11.9. The molecule has 1 amide bonds. The van der Waals surface area contributed by atoms with E-state index in [4.69, 9.17) is 9.72 Å². The molecule has 1 aliphatic heterocycles. The highest BCUT2D eigenvalue weighted by atomic mass is 16.5. The van der Waals surface area contributed by atoms with E-state index in [9.17, 15) is 4.79 Å². The summed E-state index contributed by atoms with van der Waals surface area (Å²) >= 11 is 0. The van der Waals surface area contributed by atoms with E-state index < -0.39 is 0 Å². The number of morpholine rings is 1. The van der Waals surface area contributed by atoms with Crippen molar-refractivity contribution in [3.8, 4) is 11.1 Å². The van der Waals surface area contributed by atoms with Gasteiger partial charge in [0.1, 0.15) is 5.82 Å². The van der Waals surface area contributed by atoms with Crippen LogP contribution in [0.4, 0.5) is 5.82 Å². The number of hydrogen-bond donors (Lipinski definition) is 1. The van der Waals surface area contributed by atoms with Crippen molar-refractivity contribution in [3.05, 3.63) is 54.2 Å². The summed E-state index contributed by atoms with van der Waals surface area (Å²) in [5.74, 6) is 0.777. The average molecular weight is 348 g/mol. The Labute approximate surface area is 151 Å². The summed E-state index contributed by atoms with van der Waals surface area (Å²) < 4.78 is 5.40. The van der Waals surface area contributed by atoms with Crippen LogP contribution in [0.2, 0.25) is 0 Å². The van der Waals surface area contributed by atoms with Crippen molar-refractivity contribution >= 4 is 22.8 Å². The Morgan fingerprint density at radius 3 is 2.69 bits per heavy atom. The number of carbonyl (C=O) groups excluding carboxylic acids is 1. The molecule has 26 heavy (non-hydrogen) atoms. The number of nitrogens with one attached hydrogen (secondary N) is 1. The maximum Gasteiger partial charge on any atom is 0.251 e. The van der Waals surface area contributed by atoms with Crippen LogP contribution in [0.3, 0.4) is 0 Å². The summed E-state index contributed by atoms with van der Waals surface area (Å²) in [7, 11) is 1.63. The molecule has 2 aromatic carbocycles. The predicted molar refractivity (Wildman–Crippen MR) is 101 cm³/mol. The quantitative estimate of drug-likeness (QED) is 0.788. The lowest BCUT2D eigenvalue weighted by molar-refractivity contribution is 0.0963.